The van der Waals surface area contributed by atoms with Crippen LogP contribution in [0, 0.1) is 10.1 Å². The monoisotopic (exact) mass is 363 g/mol. The summed E-state index contributed by atoms with van der Waals surface area (Å²) in [5.74, 6) is -0.499. The van der Waals surface area contributed by atoms with Crippen LogP contribution in [0.5, 0.6) is 0 Å². The SMILES string of the molecule is CC(C)NS(=O)(=O)c1ccc(C(=O)Nc2cccc([N+](=O)[O-])c2)cc1. The molecule has 0 unspecified atom stereocenters. The molecule has 2 aromatic rings. The van der Waals surface area contributed by atoms with E-state index in [9.17, 15) is 23.3 Å². The third-order valence-electron chi connectivity index (χ3n) is 3.13. The Balaban J connectivity index is 2.16. The zero-order valence-corrected chi connectivity index (χ0v) is 14.4. The van der Waals surface area contributed by atoms with Crippen molar-refractivity contribution in [3.63, 3.8) is 0 Å². The molecule has 2 N–H and O–H groups in total. The van der Waals surface area contributed by atoms with Gasteiger partial charge in [-0.15, -0.1) is 0 Å². The zero-order chi connectivity index (χ0) is 18.6. The highest BCUT2D eigenvalue weighted by Crippen LogP contribution is 2.18. The van der Waals surface area contributed by atoms with Crippen molar-refractivity contribution >= 4 is 27.3 Å². The number of amides is 1. The van der Waals surface area contributed by atoms with Crippen molar-refractivity contribution in [1.29, 1.82) is 0 Å². The van der Waals surface area contributed by atoms with E-state index in [2.05, 4.69) is 10.0 Å². The molecule has 0 radical (unpaired) electrons. The van der Waals surface area contributed by atoms with Gasteiger partial charge in [0.25, 0.3) is 11.6 Å². The standard InChI is InChI=1S/C16H17N3O5S/c1-11(2)18-25(23,24)15-8-6-12(7-9-15)16(20)17-13-4-3-5-14(10-13)19(21)22/h3-11,18H,1-2H3,(H,17,20). The number of carbonyl (C=O) groups excluding carboxylic acids is 1. The van der Waals surface area contributed by atoms with Crippen molar-refractivity contribution in [3.8, 4) is 0 Å². The number of hydrogen-bond acceptors (Lipinski definition) is 5. The smallest absolute Gasteiger partial charge is 0.271 e. The fraction of sp³-hybridized carbons (Fsp3) is 0.188. The molecule has 0 aliphatic carbocycles. The molecule has 0 aliphatic rings. The number of nitro benzene ring substituents is 1. The molecule has 132 valence electrons. The third kappa shape index (κ3) is 4.85. The van der Waals surface area contributed by atoms with Crippen LogP contribution in [0.25, 0.3) is 0 Å². The van der Waals surface area contributed by atoms with Crippen LogP contribution in [0.2, 0.25) is 0 Å². The van der Waals surface area contributed by atoms with E-state index in [0.29, 0.717) is 0 Å². The summed E-state index contributed by atoms with van der Waals surface area (Å²) in [5, 5.41) is 13.3. The summed E-state index contributed by atoms with van der Waals surface area (Å²) >= 11 is 0. The number of nitrogens with one attached hydrogen (secondary N) is 2. The molecule has 8 nitrogen and oxygen atoms in total. The van der Waals surface area contributed by atoms with Gasteiger partial charge in [-0.25, -0.2) is 13.1 Å². The van der Waals surface area contributed by atoms with Crippen LogP contribution in [-0.4, -0.2) is 25.3 Å². The number of rotatable bonds is 6. The lowest BCUT2D eigenvalue weighted by atomic mass is 10.2. The van der Waals surface area contributed by atoms with Gasteiger partial charge in [0.15, 0.2) is 0 Å². The maximum absolute atomic E-state index is 12.2. The van der Waals surface area contributed by atoms with E-state index >= 15 is 0 Å². The van der Waals surface area contributed by atoms with Crippen LogP contribution in [0.15, 0.2) is 53.4 Å². The van der Waals surface area contributed by atoms with Crippen molar-refractivity contribution in [2.24, 2.45) is 0 Å². The number of sulfonamides is 1. The number of nitrogens with zero attached hydrogens (tertiary/aromatic N) is 1. The van der Waals surface area contributed by atoms with E-state index in [1.54, 1.807) is 13.8 Å². The lowest BCUT2D eigenvalue weighted by molar-refractivity contribution is -0.384. The third-order valence-corrected chi connectivity index (χ3v) is 4.81. The Hall–Kier alpha value is -2.78. The summed E-state index contributed by atoms with van der Waals surface area (Å²) in [5.41, 5.74) is 0.367. The van der Waals surface area contributed by atoms with Crippen molar-refractivity contribution < 1.29 is 18.1 Å². The highest BCUT2D eigenvalue weighted by atomic mass is 32.2. The first-order valence-corrected chi connectivity index (χ1v) is 8.85. The van der Waals surface area contributed by atoms with E-state index in [4.69, 9.17) is 0 Å². The Morgan fingerprint density at radius 2 is 1.76 bits per heavy atom. The Bertz CT molecular complexity index is 892. The lowest BCUT2D eigenvalue weighted by Crippen LogP contribution is -2.30. The van der Waals surface area contributed by atoms with Gasteiger partial charge in [-0.05, 0) is 44.2 Å². The second kappa shape index (κ2) is 7.41. The number of carbonyl (C=O) groups is 1. The Morgan fingerprint density at radius 3 is 2.32 bits per heavy atom. The minimum atomic E-state index is -3.63. The van der Waals surface area contributed by atoms with E-state index < -0.39 is 20.9 Å². The lowest BCUT2D eigenvalue weighted by Gasteiger charge is -2.10. The van der Waals surface area contributed by atoms with Crippen LogP contribution in [0.4, 0.5) is 11.4 Å². The van der Waals surface area contributed by atoms with Crippen LogP contribution in [0.1, 0.15) is 24.2 Å². The minimum absolute atomic E-state index is 0.0492. The number of nitro groups is 1. The topological polar surface area (TPSA) is 118 Å². The molecular formula is C16H17N3O5S. The van der Waals surface area contributed by atoms with Crippen molar-refractivity contribution in [2.75, 3.05) is 5.32 Å². The summed E-state index contributed by atoms with van der Waals surface area (Å²) in [7, 11) is -3.63. The maximum Gasteiger partial charge on any atom is 0.271 e. The van der Waals surface area contributed by atoms with E-state index in [0.717, 1.165) is 0 Å². The molecule has 0 atom stereocenters. The Kier molecular flexibility index (Phi) is 5.50. The number of non-ortho nitro benzene ring substituents is 1. The average molecular weight is 363 g/mol. The van der Waals surface area contributed by atoms with Gasteiger partial charge in [-0.3, -0.25) is 14.9 Å². The minimum Gasteiger partial charge on any atom is -0.322 e. The molecule has 1 amide bonds. The second-order valence-corrected chi connectivity index (χ2v) is 7.28. The van der Waals surface area contributed by atoms with Gasteiger partial charge in [0, 0.05) is 29.4 Å². The van der Waals surface area contributed by atoms with Gasteiger partial charge in [0.05, 0.1) is 9.82 Å². The van der Waals surface area contributed by atoms with Crippen LogP contribution >= 0.6 is 0 Å². The van der Waals surface area contributed by atoms with Crippen molar-refractivity contribution in [2.45, 2.75) is 24.8 Å². The summed E-state index contributed by atoms with van der Waals surface area (Å²) in [4.78, 5) is 22.4. The molecule has 0 aromatic heterocycles. The summed E-state index contributed by atoms with van der Waals surface area (Å²) in [6, 6.07) is 10.7. The zero-order valence-electron chi connectivity index (χ0n) is 13.6. The number of hydrogen-bond donors (Lipinski definition) is 2. The van der Waals surface area contributed by atoms with Crippen LogP contribution in [0.3, 0.4) is 0 Å². The van der Waals surface area contributed by atoms with Crippen LogP contribution in [-0.2, 0) is 10.0 Å². The highest BCUT2D eigenvalue weighted by molar-refractivity contribution is 7.89. The molecule has 0 aliphatic heterocycles. The van der Waals surface area contributed by atoms with Crippen molar-refractivity contribution in [3.05, 3.63) is 64.2 Å². The quantitative estimate of drug-likeness (QED) is 0.604. The molecule has 0 spiro atoms. The Morgan fingerprint density at radius 1 is 1.12 bits per heavy atom. The molecule has 0 saturated carbocycles. The van der Waals surface area contributed by atoms with E-state index in [1.807, 2.05) is 0 Å². The maximum atomic E-state index is 12.2. The van der Waals surface area contributed by atoms with Gasteiger partial charge in [-0.1, -0.05) is 6.07 Å². The van der Waals surface area contributed by atoms with Gasteiger partial charge in [0.2, 0.25) is 10.0 Å². The van der Waals surface area contributed by atoms with Gasteiger partial charge in [0.1, 0.15) is 0 Å². The number of anilines is 1. The molecule has 0 bridgehead atoms. The van der Waals surface area contributed by atoms with Gasteiger partial charge in [-0.2, -0.15) is 0 Å². The fourth-order valence-corrected chi connectivity index (χ4v) is 3.32. The molecule has 2 aromatic carbocycles. The number of benzene rings is 2. The largest absolute Gasteiger partial charge is 0.322 e. The first-order chi connectivity index (χ1) is 11.7. The molecule has 2 rings (SSSR count). The molecular weight excluding hydrogens is 346 g/mol. The summed E-state index contributed by atoms with van der Waals surface area (Å²) < 4.78 is 26.5. The molecule has 25 heavy (non-hydrogen) atoms. The fourth-order valence-electron chi connectivity index (χ4n) is 2.06. The van der Waals surface area contributed by atoms with Gasteiger partial charge >= 0.3 is 0 Å². The second-order valence-electron chi connectivity index (χ2n) is 5.56. The first kappa shape index (κ1) is 18.6. The predicted octanol–water partition coefficient (Wildman–Crippen LogP) is 2.53. The van der Waals surface area contributed by atoms with Crippen molar-refractivity contribution in [1.82, 2.24) is 4.72 Å². The summed E-state index contributed by atoms with van der Waals surface area (Å²) in [6.45, 7) is 3.41. The predicted molar refractivity (Wildman–Crippen MR) is 92.9 cm³/mol. The normalized spacial score (nSPS) is 11.3. The molecule has 0 fully saturated rings. The summed E-state index contributed by atoms with van der Waals surface area (Å²) in [6.07, 6.45) is 0. The van der Waals surface area contributed by atoms with Crippen LogP contribution < -0.4 is 10.0 Å². The van der Waals surface area contributed by atoms with Gasteiger partial charge < -0.3 is 5.32 Å². The van der Waals surface area contributed by atoms with E-state index in [-0.39, 0.29) is 27.9 Å². The molecule has 0 heterocycles. The average Bonchev–Trinajstić information content (AvgIpc) is 2.54. The Labute approximate surface area is 145 Å². The first-order valence-electron chi connectivity index (χ1n) is 7.37. The molecule has 9 heteroatoms. The molecule has 0 saturated heterocycles. The van der Waals surface area contributed by atoms with E-state index in [1.165, 1.54) is 48.5 Å². The highest BCUT2D eigenvalue weighted by Gasteiger charge is 2.16.